The van der Waals surface area contributed by atoms with Crippen LogP contribution in [0.2, 0.25) is 0 Å². The molecule has 0 fully saturated rings. The topological polar surface area (TPSA) is 21.3 Å². The predicted octanol–water partition coefficient (Wildman–Crippen LogP) is 6.37. The second-order valence-corrected chi connectivity index (χ2v) is 7.63. The van der Waals surface area contributed by atoms with E-state index in [1.807, 2.05) is 41.7 Å². The monoisotopic (exact) mass is 345 g/mol. The highest BCUT2D eigenvalue weighted by molar-refractivity contribution is 7.10. The van der Waals surface area contributed by atoms with Gasteiger partial charge in [-0.25, -0.2) is 0 Å². The zero-order chi connectivity index (χ0) is 16.6. The molecule has 1 aliphatic heterocycles. The summed E-state index contributed by atoms with van der Waals surface area (Å²) >= 11 is 1.84. The van der Waals surface area contributed by atoms with Crippen molar-refractivity contribution >= 4 is 17.0 Å². The zero-order valence-corrected chi connectivity index (χ0v) is 14.6. The molecule has 5 rings (SSSR count). The molecule has 0 saturated heterocycles. The Morgan fingerprint density at radius 3 is 2.72 bits per heavy atom. The molecule has 2 heterocycles. The van der Waals surface area contributed by atoms with E-state index in [2.05, 4.69) is 53.2 Å². The van der Waals surface area contributed by atoms with Gasteiger partial charge in [-0.2, -0.15) is 0 Å². The van der Waals surface area contributed by atoms with Crippen LogP contribution < -0.4 is 10.1 Å². The van der Waals surface area contributed by atoms with E-state index in [9.17, 15) is 0 Å². The molecular formula is C22H19NOS. The highest BCUT2D eigenvalue weighted by atomic mass is 32.1. The Morgan fingerprint density at radius 1 is 0.960 bits per heavy atom. The molecule has 2 aromatic carbocycles. The number of thiophene rings is 1. The molecule has 3 aromatic rings. The van der Waals surface area contributed by atoms with E-state index in [4.69, 9.17) is 4.74 Å². The van der Waals surface area contributed by atoms with Crippen molar-refractivity contribution in [3.05, 3.63) is 88.6 Å². The van der Waals surface area contributed by atoms with Crippen molar-refractivity contribution < 1.29 is 4.74 Å². The molecule has 0 amide bonds. The highest BCUT2D eigenvalue weighted by Crippen LogP contribution is 2.51. The van der Waals surface area contributed by atoms with Crippen molar-refractivity contribution in [3.8, 4) is 11.5 Å². The molecule has 1 aliphatic carbocycles. The number of anilines is 1. The summed E-state index contributed by atoms with van der Waals surface area (Å²) in [6, 6.07) is 21.2. The molecule has 0 bridgehead atoms. The van der Waals surface area contributed by atoms with Crippen LogP contribution in [0, 0.1) is 5.92 Å². The summed E-state index contributed by atoms with van der Waals surface area (Å²) in [4.78, 5) is 1.42. The van der Waals surface area contributed by atoms with Crippen LogP contribution in [0.5, 0.6) is 11.5 Å². The van der Waals surface area contributed by atoms with Gasteiger partial charge in [0.1, 0.15) is 11.5 Å². The fourth-order valence-electron chi connectivity index (χ4n) is 4.01. The number of hydrogen-bond donors (Lipinski definition) is 1. The van der Waals surface area contributed by atoms with E-state index in [0.717, 1.165) is 17.9 Å². The lowest BCUT2D eigenvalue weighted by Gasteiger charge is -2.37. The molecule has 0 saturated carbocycles. The number of para-hydroxylation sites is 1. The molecule has 0 radical (unpaired) electrons. The highest BCUT2D eigenvalue weighted by Gasteiger charge is 2.38. The molecular weight excluding hydrogens is 326 g/mol. The summed E-state index contributed by atoms with van der Waals surface area (Å²) in [6.45, 7) is 0. The van der Waals surface area contributed by atoms with Crippen LogP contribution in [-0.2, 0) is 0 Å². The van der Waals surface area contributed by atoms with Gasteiger partial charge < -0.3 is 10.1 Å². The second-order valence-electron chi connectivity index (χ2n) is 6.66. The summed E-state index contributed by atoms with van der Waals surface area (Å²) in [5, 5.41) is 5.94. The van der Waals surface area contributed by atoms with Gasteiger partial charge in [0.25, 0.3) is 0 Å². The van der Waals surface area contributed by atoms with Crippen LogP contribution in [-0.4, -0.2) is 0 Å². The molecule has 2 nitrogen and oxygen atoms in total. The fraction of sp³-hybridized carbons (Fsp3) is 0.182. The Kier molecular flexibility index (Phi) is 3.60. The Bertz CT molecular complexity index is 901. The van der Waals surface area contributed by atoms with Crippen molar-refractivity contribution in [1.82, 2.24) is 0 Å². The van der Waals surface area contributed by atoms with Crippen LogP contribution >= 0.6 is 11.3 Å². The molecule has 3 unspecified atom stereocenters. The summed E-state index contributed by atoms with van der Waals surface area (Å²) in [5.41, 5.74) is 2.58. The first-order valence-corrected chi connectivity index (χ1v) is 9.60. The maximum Gasteiger partial charge on any atom is 0.127 e. The zero-order valence-electron chi connectivity index (χ0n) is 13.8. The van der Waals surface area contributed by atoms with Gasteiger partial charge in [-0.1, -0.05) is 36.4 Å². The smallest absolute Gasteiger partial charge is 0.127 e. The maximum absolute atomic E-state index is 6.04. The number of hydrogen-bond acceptors (Lipinski definition) is 3. The van der Waals surface area contributed by atoms with Crippen LogP contribution in [0.3, 0.4) is 0 Å². The van der Waals surface area contributed by atoms with Gasteiger partial charge in [0.2, 0.25) is 0 Å². The summed E-state index contributed by atoms with van der Waals surface area (Å²) in [7, 11) is 0. The Labute approximate surface area is 151 Å². The van der Waals surface area contributed by atoms with E-state index in [1.54, 1.807) is 0 Å². The summed E-state index contributed by atoms with van der Waals surface area (Å²) < 4.78 is 6.04. The predicted molar refractivity (Wildman–Crippen MR) is 104 cm³/mol. The van der Waals surface area contributed by atoms with Crippen molar-refractivity contribution in [2.45, 2.75) is 18.4 Å². The number of nitrogens with one attached hydrogen (secondary N) is 1. The minimum absolute atomic E-state index is 0.397. The Hall–Kier alpha value is -2.52. The SMILES string of the molecule is C1=CC2c3cc(Oc4ccccc4)ccc3NC(c3cccs3)C2C1. The Morgan fingerprint density at radius 2 is 1.88 bits per heavy atom. The maximum atomic E-state index is 6.04. The molecule has 1 N–H and O–H groups in total. The van der Waals surface area contributed by atoms with Gasteiger partial charge in [-0.05, 0) is 59.7 Å². The quantitative estimate of drug-likeness (QED) is 0.557. The lowest BCUT2D eigenvalue weighted by Crippen LogP contribution is -2.28. The number of rotatable bonds is 3. The molecule has 1 aromatic heterocycles. The van der Waals surface area contributed by atoms with E-state index < -0.39 is 0 Å². The van der Waals surface area contributed by atoms with Gasteiger partial charge in [-0.3, -0.25) is 0 Å². The fourth-order valence-corrected chi connectivity index (χ4v) is 4.86. The third-order valence-electron chi connectivity index (χ3n) is 5.16. The minimum atomic E-state index is 0.397. The van der Waals surface area contributed by atoms with E-state index in [1.165, 1.54) is 16.1 Å². The van der Waals surface area contributed by atoms with Crippen LogP contribution in [0.25, 0.3) is 0 Å². The van der Waals surface area contributed by atoms with Crippen molar-refractivity contribution in [1.29, 1.82) is 0 Å². The van der Waals surface area contributed by atoms with Gasteiger partial charge >= 0.3 is 0 Å². The third-order valence-corrected chi connectivity index (χ3v) is 6.12. The van der Waals surface area contributed by atoms with Crippen molar-refractivity contribution in [2.24, 2.45) is 5.92 Å². The van der Waals surface area contributed by atoms with E-state index in [0.29, 0.717) is 17.9 Å². The molecule has 2 aliphatic rings. The van der Waals surface area contributed by atoms with E-state index in [-0.39, 0.29) is 0 Å². The average molecular weight is 345 g/mol. The number of allylic oxidation sites excluding steroid dienone is 2. The molecule has 124 valence electrons. The van der Waals surface area contributed by atoms with Gasteiger partial charge in [0.05, 0.1) is 6.04 Å². The average Bonchev–Trinajstić information content (AvgIpc) is 3.34. The summed E-state index contributed by atoms with van der Waals surface area (Å²) in [6.07, 6.45) is 5.83. The minimum Gasteiger partial charge on any atom is -0.457 e. The normalized spacial score (nSPS) is 23.6. The number of ether oxygens (including phenoxy) is 1. The third kappa shape index (κ3) is 2.65. The Balaban J connectivity index is 1.50. The van der Waals surface area contributed by atoms with Gasteiger partial charge in [-0.15, -0.1) is 11.3 Å². The van der Waals surface area contributed by atoms with Crippen molar-refractivity contribution in [2.75, 3.05) is 5.32 Å². The van der Waals surface area contributed by atoms with Gasteiger partial charge in [0, 0.05) is 16.5 Å². The summed E-state index contributed by atoms with van der Waals surface area (Å²) in [5.74, 6) is 2.82. The molecule has 3 heteroatoms. The molecule has 3 atom stereocenters. The first-order chi connectivity index (χ1) is 12.4. The van der Waals surface area contributed by atoms with Crippen LogP contribution in [0.1, 0.15) is 28.8 Å². The molecule has 0 spiro atoms. The van der Waals surface area contributed by atoms with Crippen molar-refractivity contribution in [3.63, 3.8) is 0 Å². The standard InChI is InChI=1S/C22H19NOS/c1-2-6-15(7-3-1)24-16-11-12-20-19(14-16)17-8-4-9-18(17)22(23-20)21-10-5-13-25-21/h1-8,10-14,17-18,22-23H,9H2. The second kappa shape index (κ2) is 6.08. The lowest BCUT2D eigenvalue weighted by atomic mass is 9.79. The van der Waals surface area contributed by atoms with E-state index >= 15 is 0 Å². The number of fused-ring (bicyclic) bond motifs is 3. The largest absolute Gasteiger partial charge is 0.457 e. The van der Waals surface area contributed by atoms with Crippen LogP contribution in [0.4, 0.5) is 5.69 Å². The molecule has 25 heavy (non-hydrogen) atoms. The lowest BCUT2D eigenvalue weighted by molar-refractivity contribution is 0.426. The van der Waals surface area contributed by atoms with Crippen LogP contribution in [0.15, 0.2) is 78.2 Å². The first kappa shape index (κ1) is 14.8. The first-order valence-electron chi connectivity index (χ1n) is 8.72. The number of benzene rings is 2. The van der Waals surface area contributed by atoms with Gasteiger partial charge in [0.15, 0.2) is 0 Å².